The van der Waals surface area contributed by atoms with Gasteiger partial charge in [0.05, 0.1) is 5.02 Å². The van der Waals surface area contributed by atoms with Crippen LogP contribution < -0.4 is 0 Å². The molecule has 3 nitrogen and oxygen atoms in total. The molecule has 0 saturated heterocycles. The van der Waals surface area contributed by atoms with E-state index >= 15 is 0 Å². The Balaban J connectivity index is 1.76. The monoisotopic (exact) mass is 338 g/mol. The zero-order valence-electron chi connectivity index (χ0n) is 13.3. The Morgan fingerprint density at radius 1 is 0.958 bits per heavy atom. The van der Waals surface area contributed by atoms with Gasteiger partial charge >= 0.3 is 0 Å². The maximum Gasteiger partial charge on any atom is 0.270 e. The van der Waals surface area contributed by atoms with Crippen molar-refractivity contribution in [3.63, 3.8) is 0 Å². The minimum Gasteiger partial charge on any atom is -0.356 e. The zero-order chi connectivity index (χ0) is 16.8. The Labute approximate surface area is 146 Å². The Bertz CT molecular complexity index is 784. The van der Waals surface area contributed by atoms with Crippen molar-refractivity contribution >= 4 is 17.5 Å². The second-order valence-electron chi connectivity index (χ2n) is 5.68. The number of carbonyl (C=O) groups excluding carboxylic acids is 1. The number of aromatic amines is 1. The molecule has 0 spiro atoms. The van der Waals surface area contributed by atoms with Gasteiger partial charge in [0.2, 0.25) is 0 Å². The molecular weight excluding hydrogens is 320 g/mol. The lowest BCUT2D eigenvalue weighted by atomic mass is 10.1. The van der Waals surface area contributed by atoms with E-state index < -0.39 is 0 Å². The van der Waals surface area contributed by atoms with E-state index in [1.807, 2.05) is 53.4 Å². The van der Waals surface area contributed by atoms with Crippen molar-refractivity contribution in [2.45, 2.75) is 13.0 Å². The summed E-state index contributed by atoms with van der Waals surface area (Å²) in [6, 6.07) is 21.9. The maximum atomic E-state index is 12.8. The van der Waals surface area contributed by atoms with Crippen LogP contribution in [0.5, 0.6) is 0 Å². The van der Waals surface area contributed by atoms with Crippen LogP contribution in [0.4, 0.5) is 0 Å². The van der Waals surface area contributed by atoms with Gasteiger partial charge in [-0.2, -0.15) is 0 Å². The summed E-state index contributed by atoms with van der Waals surface area (Å²) in [7, 11) is 0. The number of hydrogen-bond donors (Lipinski definition) is 1. The molecule has 1 heterocycles. The summed E-state index contributed by atoms with van der Waals surface area (Å²) in [4.78, 5) is 17.6. The molecule has 0 atom stereocenters. The summed E-state index contributed by atoms with van der Waals surface area (Å²) in [5, 5.41) is 0.543. The van der Waals surface area contributed by atoms with Crippen LogP contribution in [-0.2, 0) is 13.0 Å². The van der Waals surface area contributed by atoms with Crippen molar-refractivity contribution in [1.29, 1.82) is 0 Å². The zero-order valence-corrected chi connectivity index (χ0v) is 14.0. The van der Waals surface area contributed by atoms with Crippen LogP contribution >= 0.6 is 11.6 Å². The lowest BCUT2D eigenvalue weighted by molar-refractivity contribution is 0.0740. The molecule has 2 aromatic carbocycles. The Hall–Kier alpha value is -2.52. The molecule has 24 heavy (non-hydrogen) atoms. The molecule has 3 aromatic rings. The third-order valence-electron chi connectivity index (χ3n) is 3.89. The van der Waals surface area contributed by atoms with Gasteiger partial charge in [-0.1, -0.05) is 72.3 Å². The van der Waals surface area contributed by atoms with E-state index in [-0.39, 0.29) is 5.91 Å². The van der Waals surface area contributed by atoms with Gasteiger partial charge in [0, 0.05) is 19.3 Å². The van der Waals surface area contributed by atoms with Crippen molar-refractivity contribution in [2.75, 3.05) is 6.54 Å². The Morgan fingerprint density at radius 3 is 2.17 bits per heavy atom. The fourth-order valence-electron chi connectivity index (χ4n) is 2.63. The highest BCUT2D eigenvalue weighted by Gasteiger charge is 2.17. The summed E-state index contributed by atoms with van der Waals surface area (Å²) >= 11 is 5.94. The molecule has 122 valence electrons. The lowest BCUT2D eigenvalue weighted by Crippen LogP contribution is -2.32. The van der Waals surface area contributed by atoms with E-state index in [9.17, 15) is 4.79 Å². The highest BCUT2D eigenvalue weighted by molar-refractivity contribution is 6.30. The summed E-state index contributed by atoms with van der Waals surface area (Å²) in [6.45, 7) is 1.22. The van der Waals surface area contributed by atoms with Crippen molar-refractivity contribution in [3.8, 4) is 0 Å². The first-order valence-electron chi connectivity index (χ1n) is 7.93. The van der Waals surface area contributed by atoms with Crippen LogP contribution in [0.3, 0.4) is 0 Å². The van der Waals surface area contributed by atoms with Crippen molar-refractivity contribution in [1.82, 2.24) is 9.88 Å². The number of halogens is 1. The van der Waals surface area contributed by atoms with Crippen LogP contribution in [0.15, 0.2) is 72.9 Å². The fraction of sp³-hybridized carbons (Fsp3) is 0.150. The first kappa shape index (κ1) is 16.3. The number of carbonyl (C=O) groups is 1. The molecule has 0 aliphatic carbocycles. The smallest absolute Gasteiger partial charge is 0.270 e. The molecule has 0 bridgehead atoms. The molecule has 0 radical (unpaired) electrons. The van der Waals surface area contributed by atoms with E-state index in [0.29, 0.717) is 23.8 Å². The third kappa shape index (κ3) is 4.27. The average Bonchev–Trinajstić information content (AvgIpc) is 3.06. The largest absolute Gasteiger partial charge is 0.356 e. The number of H-pyrrole nitrogens is 1. The van der Waals surface area contributed by atoms with Gasteiger partial charge in [-0.05, 0) is 23.6 Å². The molecule has 1 aromatic heterocycles. The topological polar surface area (TPSA) is 36.1 Å². The van der Waals surface area contributed by atoms with Gasteiger partial charge in [0.1, 0.15) is 5.69 Å². The molecule has 0 aliphatic rings. The first-order chi connectivity index (χ1) is 11.7. The van der Waals surface area contributed by atoms with E-state index in [1.165, 1.54) is 5.56 Å². The normalized spacial score (nSPS) is 10.5. The highest BCUT2D eigenvalue weighted by Crippen LogP contribution is 2.14. The maximum absolute atomic E-state index is 12.8. The van der Waals surface area contributed by atoms with Crippen LogP contribution in [0.25, 0.3) is 0 Å². The van der Waals surface area contributed by atoms with E-state index in [0.717, 1.165) is 12.0 Å². The molecule has 0 aliphatic heterocycles. The number of amides is 1. The predicted molar refractivity (Wildman–Crippen MR) is 97.1 cm³/mol. The molecule has 0 fully saturated rings. The summed E-state index contributed by atoms with van der Waals surface area (Å²) in [5.41, 5.74) is 2.84. The van der Waals surface area contributed by atoms with Gasteiger partial charge in [-0.3, -0.25) is 4.79 Å². The molecule has 0 saturated carbocycles. The fourth-order valence-corrected chi connectivity index (χ4v) is 2.79. The van der Waals surface area contributed by atoms with Crippen LogP contribution in [0.1, 0.15) is 21.6 Å². The third-order valence-corrected chi connectivity index (χ3v) is 4.11. The summed E-state index contributed by atoms with van der Waals surface area (Å²) in [5.74, 6) is -0.0401. The first-order valence-corrected chi connectivity index (χ1v) is 8.31. The molecular formula is C20H19ClN2O. The Morgan fingerprint density at radius 2 is 1.58 bits per heavy atom. The number of hydrogen-bond acceptors (Lipinski definition) is 1. The SMILES string of the molecule is O=C(c1cc(Cl)c[nH]1)N(CCc1ccccc1)Cc1ccccc1. The minimum atomic E-state index is -0.0401. The number of nitrogens with zero attached hydrogens (tertiary/aromatic N) is 1. The van der Waals surface area contributed by atoms with Crippen molar-refractivity contribution < 1.29 is 4.79 Å². The van der Waals surface area contributed by atoms with Gasteiger partial charge < -0.3 is 9.88 Å². The van der Waals surface area contributed by atoms with Gasteiger partial charge in [-0.25, -0.2) is 0 Å². The molecule has 1 amide bonds. The molecule has 0 unspecified atom stereocenters. The quantitative estimate of drug-likeness (QED) is 0.703. The predicted octanol–water partition coefficient (Wildman–Crippen LogP) is 4.55. The van der Waals surface area contributed by atoms with Gasteiger partial charge in [-0.15, -0.1) is 0 Å². The second-order valence-corrected chi connectivity index (χ2v) is 6.12. The lowest BCUT2D eigenvalue weighted by Gasteiger charge is -2.22. The number of nitrogens with one attached hydrogen (secondary N) is 1. The van der Waals surface area contributed by atoms with Gasteiger partial charge in [0.15, 0.2) is 0 Å². The number of benzene rings is 2. The van der Waals surface area contributed by atoms with Crippen molar-refractivity contribution in [2.24, 2.45) is 0 Å². The summed E-state index contributed by atoms with van der Waals surface area (Å²) < 4.78 is 0. The summed E-state index contributed by atoms with van der Waals surface area (Å²) in [6.07, 6.45) is 2.44. The van der Waals surface area contributed by atoms with E-state index in [2.05, 4.69) is 17.1 Å². The van der Waals surface area contributed by atoms with E-state index in [4.69, 9.17) is 11.6 Å². The highest BCUT2D eigenvalue weighted by atomic mass is 35.5. The number of aromatic nitrogens is 1. The Kier molecular flexibility index (Phi) is 5.34. The van der Waals surface area contributed by atoms with E-state index in [1.54, 1.807) is 12.3 Å². The van der Waals surface area contributed by atoms with Crippen LogP contribution in [0, 0.1) is 0 Å². The number of rotatable bonds is 6. The standard InChI is InChI=1S/C20H19ClN2O/c21-18-13-19(22-14-18)20(24)23(15-17-9-5-2-6-10-17)12-11-16-7-3-1-4-8-16/h1-10,13-14,22H,11-12,15H2. The minimum absolute atomic E-state index is 0.0401. The van der Waals surface area contributed by atoms with Crippen LogP contribution in [-0.4, -0.2) is 22.3 Å². The molecule has 1 N–H and O–H groups in total. The second kappa shape index (κ2) is 7.84. The van der Waals surface area contributed by atoms with Crippen molar-refractivity contribution in [3.05, 3.63) is 94.8 Å². The molecule has 3 rings (SSSR count). The van der Waals surface area contributed by atoms with Gasteiger partial charge in [0.25, 0.3) is 5.91 Å². The average molecular weight is 339 g/mol. The van der Waals surface area contributed by atoms with Crippen LogP contribution in [0.2, 0.25) is 5.02 Å². The molecule has 4 heteroatoms.